The molecule has 4 N–H and O–H groups in total. The van der Waals surface area contributed by atoms with Crippen LogP contribution in [-0.2, 0) is 20.7 Å². The number of hydrogen-bond donors (Lipinski definition) is 4. The van der Waals surface area contributed by atoms with E-state index in [0.717, 1.165) is 17.0 Å². The number of phenolic OH excluding ortho intramolecular Hbond substituents is 4. The first kappa shape index (κ1) is 21.6. The van der Waals surface area contributed by atoms with Crippen LogP contribution in [0, 0.1) is 0 Å². The zero-order chi connectivity index (χ0) is 21.6. The Labute approximate surface area is 167 Å². The topological polar surface area (TPSA) is 128 Å². The summed E-state index contributed by atoms with van der Waals surface area (Å²) in [4.78, 5) is 26.5. The van der Waals surface area contributed by atoms with E-state index in [9.17, 15) is 30.0 Å². The Bertz CT molecular complexity index is 910. The molecule has 2 aromatic rings. The van der Waals surface area contributed by atoms with Crippen LogP contribution in [0.4, 0.5) is 5.69 Å². The third kappa shape index (κ3) is 5.19. The highest BCUT2D eigenvalue weighted by Gasteiger charge is 2.32. The molecule has 0 aliphatic rings. The van der Waals surface area contributed by atoms with Crippen molar-refractivity contribution in [2.24, 2.45) is 0 Å². The van der Waals surface area contributed by atoms with Crippen molar-refractivity contribution in [2.75, 3.05) is 11.5 Å². The number of anilines is 1. The number of rotatable bonds is 8. The Kier molecular flexibility index (Phi) is 7.08. The van der Waals surface area contributed by atoms with E-state index in [1.165, 1.54) is 30.3 Å². The number of benzene rings is 2. The van der Waals surface area contributed by atoms with Crippen molar-refractivity contribution >= 4 is 17.6 Å². The van der Waals surface area contributed by atoms with Crippen LogP contribution in [0.15, 0.2) is 49.1 Å². The Morgan fingerprint density at radius 2 is 1.66 bits per heavy atom. The minimum Gasteiger partial charge on any atom is -0.504 e. The molecule has 8 heteroatoms. The molecule has 29 heavy (non-hydrogen) atoms. The number of nitrogens with zero attached hydrogens (tertiary/aromatic N) is 1. The number of carbonyl (C=O) groups excluding carboxylic acids is 2. The van der Waals surface area contributed by atoms with Crippen LogP contribution < -0.4 is 4.90 Å². The summed E-state index contributed by atoms with van der Waals surface area (Å²) in [5.74, 6) is -2.85. The van der Waals surface area contributed by atoms with Crippen LogP contribution in [-0.4, -0.2) is 45.0 Å². The second-order valence-electron chi connectivity index (χ2n) is 6.30. The van der Waals surface area contributed by atoms with Crippen molar-refractivity contribution < 1.29 is 34.8 Å². The lowest BCUT2D eigenvalue weighted by molar-refractivity contribution is -0.146. The van der Waals surface area contributed by atoms with Gasteiger partial charge in [0.25, 0.3) is 5.91 Å². The van der Waals surface area contributed by atoms with Crippen LogP contribution in [0.5, 0.6) is 23.0 Å². The molecule has 0 heterocycles. The predicted molar refractivity (Wildman–Crippen MR) is 106 cm³/mol. The Hall–Kier alpha value is -3.68. The quantitative estimate of drug-likeness (QED) is 0.304. The summed E-state index contributed by atoms with van der Waals surface area (Å²) in [6.07, 6.45) is 1.55. The maximum Gasteiger partial charge on any atom is 0.329 e. The lowest BCUT2D eigenvalue weighted by Crippen LogP contribution is -2.47. The van der Waals surface area contributed by atoms with Gasteiger partial charge in [-0.2, -0.15) is 0 Å². The Balaban J connectivity index is 2.51. The first-order valence-corrected chi connectivity index (χ1v) is 8.93. The summed E-state index contributed by atoms with van der Waals surface area (Å²) in [6, 6.07) is 6.59. The zero-order valence-corrected chi connectivity index (χ0v) is 15.9. The van der Waals surface area contributed by atoms with E-state index in [2.05, 4.69) is 6.58 Å². The molecule has 2 rings (SSSR count). The minimum absolute atomic E-state index is 0.0440. The molecule has 1 atom stereocenters. The van der Waals surface area contributed by atoms with Crippen molar-refractivity contribution in [3.8, 4) is 23.0 Å². The molecule has 0 saturated carbocycles. The summed E-state index contributed by atoms with van der Waals surface area (Å²) in [5, 5.41) is 38.6. The van der Waals surface area contributed by atoms with Crippen molar-refractivity contribution in [1.29, 1.82) is 0 Å². The Morgan fingerprint density at radius 3 is 2.21 bits per heavy atom. The SMILES string of the molecule is C=CC(=O)N(c1ccc(O)c(O)c1)C(Cc1ccc(O)c(O)c1)C(=O)OCCC. The van der Waals surface area contributed by atoms with Crippen molar-refractivity contribution in [1.82, 2.24) is 0 Å². The van der Waals surface area contributed by atoms with Crippen molar-refractivity contribution in [3.05, 3.63) is 54.6 Å². The average Bonchev–Trinajstić information content (AvgIpc) is 2.70. The van der Waals surface area contributed by atoms with Crippen LogP contribution >= 0.6 is 0 Å². The highest BCUT2D eigenvalue weighted by molar-refractivity contribution is 6.05. The van der Waals surface area contributed by atoms with Crippen molar-refractivity contribution in [2.45, 2.75) is 25.8 Å². The summed E-state index contributed by atoms with van der Waals surface area (Å²) in [7, 11) is 0. The monoisotopic (exact) mass is 401 g/mol. The van der Waals surface area contributed by atoms with Gasteiger partial charge in [-0.1, -0.05) is 19.6 Å². The van der Waals surface area contributed by atoms with E-state index >= 15 is 0 Å². The van der Waals surface area contributed by atoms with E-state index in [1.807, 2.05) is 6.92 Å². The third-order valence-electron chi connectivity index (χ3n) is 4.15. The zero-order valence-electron chi connectivity index (χ0n) is 15.9. The molecule has 0 aliphatic heterocycles. The van der Waals surface area contributed by atoms with Gasteiger partial charge in [0, 0.05) is 18.2 Å². The van der Waals surface area contributed by atoms with Gasteiger partial charge in [0.1, 0.15) is 6.04 Å². The van der Waals surface area contributed by atoms with E-state index in [4.69, 9.17) is 4.74 Å². The third-order valence-corrected chi connectivity index (χ3v) is 4.15. The number of ether oxygens (including phenoxy) is 1. The number of aromatic hydroxyl groups is 4. The molecule has 0 aromatic heterocycles. The van der Waals surface area contributed by atoms with Gasteiger partial charge < -0.3 is 25.2 Å². The van der Waals surface area contributed by atoms with Crippen LogP contribution in [0.25, 0.3) is 0 Å². The molecule has 0 spiro atoms. The van der Waals surface area contributed by atoms with Gasteiger partial charge >= 0.3 is 5.97 Å². The molecule has 2 aromatic carbocycles. The molecule has 0 bridgehead atoms. The molecule has 154 valence electrons. The lowest BCUT2D eigenvalue weighted by atomic mass is 10.0. The first-order valence-electron chi connectivity index (χ1n) is 8.93. The van der Waals surface area contributed by atoms with E-state index < -0.39 is 23.7 Å². The van der Waals surface area contributed by atoms with Gasteiger partial charge in [0.05, 0.1) is 6.61 Å². The predicted octanol–water partition coefficient (Wildman–Crippen LogP) is 2.59. The molecule has 1 amide bonds. The van der Waals surface area contributed by atoms with E-state index in [0.29, 0.717) is 12.0 Å². The van der Waals surface area contributed by atoms with Gasteiger partial charge in [0.2, 0.25) is 0 Å². The highest BCUT2D eigenvalue weighted by atomic mass is 16.5. The van der Waals surface area contributed by atoms with Gasteiger partial charge in [-0.15, -0.1) is 0 Å². The first-order chi connectivity index (χ1) is 13.8. The molecule has 1 unspecified atom stereocenters. The summed E-state index contributed by atoms with van der Waals surface area (Å²) >= 11 is 0. The van der Waals surface area contributed by atoms with E-state index in [1.54, 1.807) is 0 Å². The fourth-order valence-electron chi connectivity index (χ4n) is 2.72. The lowest BCUT2D eigenvalue weighted by Gasteiger charge is -2.30. The molecule has 0 saturated heterocycles. The maximum atomic E-state index is 12.8. The molecule has 8 nitrogen and oxygen atoms in total. The largest absolute Gasteiger partial charge is 0.504 e. The van der Waals surface area contributed by atoms with Gasteiger partial charge in [0.15, 0.2) is 23.0 Å². The molecule has 0 radical (unpaired) electrons. The van der Waals surface area contributed by atoms with Gasteiger partial charge in [-0.3, -0.25) is 9.69 Å². The summed E-state index contributed by atoms with van der Waals surface area (Å²) in [5.41, 5.74) is 0.607. The maximum absolute atomic E-state index is 12.8. The van der Waals surface area contributed by atoms with Gasteiger partial charge in [-0.25, -0.2) is 4.79 Å². The molecule has 0 fully saturated rings. The van der Waals surface area contributed by atoms with E-state index in [-0.39, 0.29) is 36.0 Å². The van der Waals surface area contributed by atoms with Crippen molar-refractivity contribution in [3.63, 3.8) is 0 Å². The molecule has 0 aliphatic carbocycles. The van der Waals surface area contributed by atoms with Gasteiger partial charge in [-0.05, 0) is 42.3 Å². The Morgan fingerprint density at radius 1 is 1.03 bits per heavy atom. The number of esters is 1. The summed E-state index contributed by atoms with van der Waals surface area (Å²) < 4.78 is 5.24. The summed E-state index contributed by atoms with van der Waals surface area (Å²) in [6.45, 7) is 5.43. The fraction of sp³-hybridized carbons (Fsp3) is 0.238. The number of carbonyl (C=O) groups is 2. The number of hydrogen-bond acceptors (Lipinski definition) is 7. The standard InChI is InChI=1S/C21H23NO7/c1-3-9-29-21(28)15(10-13-5-7-16(23)18(25)11-13)22(20(27)4-2)14-6-8-17(24)19(26)12-14/h4-8,11-12,15,23-26H,2-3,9-10H2,1H3. The second-order valence-corrected chi connectivity index (χ2v) is 6.30. The van der Waals surface area contributed by atoms with Crippen LogP contribution in [0.1, 0.15) is 18.9 Å². The van der Waals surface area contributed by atoms with Crippen LogP contribution in [0.3, 0.4) is 0 Å². The number of phenols is 4. The smallest absolute Gasteiger partial charge is 0.329 e. The minimum atomic E-state index is -1.15. The highest BCUT2D eigenvalue weighted by Crippen LogP contribution is 2.32. The average molecular weight is 401 g/mol. The molecular weight excluding hydrogens is 378 g/mol. The van der Waals surface area contributed by atoms with Crippen LogP contribution in [0.2, 0.25) is 0 Å². The normalized spacial score (nSPS) is 11.5. The number of amides is 1. The molecular formula is C21H23NO7. The fourth-order valence-corrected chi connectivity index (χ4v) is 2.72. The second kappa shape index (κ2) is 9.50.